The number of likely N-dealkylation sites (tertiary alicyclic amines) is 1. The van der Waals surface area contributed by atoms with Gasteiger partial charge in [-0.3, -0.25) is 0 Å². The van der Waals surface area contributed by atoms with Crippen molar-refractivity contribution < 1.29 is 19.4 Å². The number of rotatable bonds is 4. The van der Waals surface area contributed by atoms with E-state index in [1.165, 1.54) is 12.8 Å². The molecule has 1 saturated heterocycles. The largest absolute Gasteiger partial charge is 0.465 e. The molecule has 0 atom stereocenters. The summed E-state index contributed by atoms with van der Waals surface area (Å²) in [6, 6.07) is 0.404. The fraction of sp³-hybridized carbons (Fsp3) is 0.905. The molecular formula is C21H37N3O4. The molecule has 7 heteroatoms. The van der Waals surface area contributed by atoms with Crippen LogP contribution in [0.15, 0.2) is 0 Å². The Morgan fingerprint density at radius 1 is 1.04 bits per heavy atom. The zero-order chi connectivity index (χ0) is 20.4. The molecule has 2 amide bonds. The van der Waals surface area contributed by atoms with Crippen LogP contribution in [0.1, 0.15) is 72.1 Å². The topological polar surface area (TPSA) is 90.9 Å². The molecule has 2 aliphatic carbocycles. The van der Waals surface area contributed by atoms with Crippen molar-refractivity contribution in [1.29, 1.82) is 0 Å². The van der Waals surface area contributed by atoms with E-state index in [2.05, 4.69) is 15.5 Å². The van der Waals surface area contributed by atoms with Gasteiger partial charge in [-0.25, -0.2) is 9.59 Å². The fourth-order valence-corrected chi connectivity index (χ4v) is 5.21. The molecule has 160 valence electrons. The number of carbonyl (C=O) groups is 2. The van der Waals surface area contributed by atoms with Crippen molar-refractivity contribution in [3.63, 3.8) is 0 Å². The van der Waals surface area contributed by atoms with Gasteiger partial charge < -0.3 is 25.4 Å². The lowest BCUT2D eigenvalue weighted by molar-refractivity contribution is -0.00678. The van der Waals surface area contributed by atoms with Crippen molar-refractivity contribution in [2.45, 2.75) is 89.8 Å². The van der Waals surface area contributed by atoms with E-state index in [9.17, 15) is 9.59 Å². The van der Waals surface area contributed by atoms with E-state index in [1.807, 2.05) is 20.8 Å². The summed E-state index contributed by atoms with van der Waals surface area (Å²) in [6.07, 6.45) is 7.56. The van der Waals surface area contributed by atoms with Gasteiger partial charge in [-0.05, 0) is 96.6 Å². The van der Waals surface area contributed by atoms with Gasteiger partial charge in [0, 0.05) is 18.6 Å². The molecular weight excluding hydrogens is 358 g/mol. The number of ether oxygens (including phenoxy) is 1. The van der Waals surface area contributed by atoms with E-state index in [-0.39, 0.29) is 18.2 Å². The summed E-state index contributed by atoms with van der Waals surface area (Å²) < 4.78 is 5.35. The summed E-state index contributed by atoms with van der Waals surface area (Å²) in [5, 5.41) is 14.5. The smallest absolute Gasteiger partial charge is 0.407 e. The fourth-order valence-electron chi connectivity index (χ4n) is 5.21. The van der Waals surface area contributed by atoms with E-state index in [0.29, 0.717) is 11.3 Å². The molecule has 1 heterocycles. The van der Waals surface area contributed by atoms with Crippen molar-refractivity contribution in [2.75, 3.05) is 19.6 Å². The summed E-state index contributed by atoms with van der Waals surface area (Å²) in [5.74, 6) is 0.698. The minimum absolute atomic E-state index is 0.141. The van der Waals surface area contributed by atoms with Gasteiger partial charge in [0.25, 0.3) is 0 Å². The minimum Gasteiger partial charge on any atom is -0.465 e. The first-order valence-electron chi connectivity index (χ1n) is 10.8. The number of carbonyl (C=O) groups excluding carboxylic acids is 1. The van der Waals surface area contributed by atoms with Crippen molar-refractivity contribution in [1.82, 2.24) is 15.5 Å². The molecule has 3 N–H and O–H groups in total. The highest BCUT2D eigenvalue weighted by Gasteiger charge is 2.46. The molecule has 1 aliphatic heterocycles. The predicted octanol–water partition coefficient (Wildman–Crippen LogP) is 3.58. The molecule has 28 heavy (non-hydrogen) atoms. The van der Waals surface area contributed by atoms with Crippen LogP contribution in [0.5, 0.6) is 0 Å². The highest BCUT2D eigenvalue weighted by molar-refractivity contribution is 5.68. The monoisotopic (exact) mass is 395 g/mol. The molecule has 0 aromatic rings. The van der Waals surface area contributed by atoms with Gasteiger partial charge in [0.1, 0.15) is 5.60 Å². The van der Waals surface area contributed by atoms with Crippen LogP contribution < -0.4 is 10.6 Å². The summed E-state index contributed by atoms with van der Waals surface area (Å²) in [6.45, 7) is 9.10. The van der Waals surface area contributed by atoms with Crippen molar-refractivity contribution in [3.8, 4) is 0 Å². The van der Waals surface area contributed by atoms with E-state index in [0.717, 1.165) is 58.2 Å². The molecule has 0 unspecified atom stereocenters. The van der Waals surface area contributed by atoms with Crippen molar-refractivity contribution >= 4 is 12.2 Å². The molecule has 2 saturated carbocycles. The van der Waals surface area contributed by atoms with Crippen LogP contribution >= 0.6 is 0 Å². The van der Waals surface area contributed by atoms with Crippen LogP contribution in [0, 0.1) is 11.3 Å². The molecule has 3 fully saturated rings. The average molecular weight is 396 g/mol. The zero-order valence-corrected chi connectivity index (χ0v) is 17.6. The van der Waals surface area contributed by atoms with Crippen LogP contribution in [0.3, 0.4) is 0 Å². The van der Waals surface area contributed by atoms with Crippen LogP contribution in [-0.2, 0) is 4.74 Å². The second-order valence-corrected chi connectivity index (χ2v) is 10.2. The van der Waals surface area contributed by atoms with Crippen molar-refractivity contribution in [2.24, 2.45) is 11.3 Å². The van der Waals surface area contributed by atoms with Gasteiger partial charge >= 0.3 is 12.2 Å². The molecule has 7 nitrogen and oxygen atoms in total. The first-order chi connectivity index (χ1) is 13.1. The Kier molecular flexibility index (Phi) is 6.42. The van der Waals surface area contributed by atoms with Crippen LogP contribution in [-0.4, -0.2) is 59.5 Å². The lowest BCUT2D eigenvalue weighted by Gasteiger charge is -2.52. The van der Waals surface area contributed by atoms with Crippen LogP contribution in [0.25, 0.3) is 0 Å². The summed E-state index contributed by atoms with van der Waals surface area (Å²) >= 11 is 0. The number of carboxylic acid groups (broad SMARTS) is 1. The third-order valence-electron chi connectivity index (χ3n) is 6.69. The van der Waals surface area contributed by atoms with Gasteiger partial charge in [0.05, 0.1) is 0 Å². The van der Waals surface area contributed by atoms with Gasteiger partial charge in [-0.1, -0.05) is 0 Å². The Balaban J connectivity index is 1.32. The Morgan fingerprint density at radius 2 is 1.64 bits per heavy atom. The molecule has 3 rings (SSSR count). The van der Waals surface area contributed by atoms with E-state index in [1.54, 1.807) is 0 Å². The normalized spacial score (nSPS) is 28.4. The molecule has 0 radical (unpaired) electrons. The van der Waals surface area contributed by atoms with E-state index >= 15 is 0 Å². The maximum atomic E-state index is 11.9. The lowest BCUT2D eigenvalue weighted by Crippen LogP contribution is -2.55. The molecule has 0 aromatic carbocycles. The first kappa shape index (κ1) is 21.2. The number of piperidine rings is 1. The van der Waals surface area contributed by atoms with Crippen LogP contribution in [0.4, 0.5) is 9.59 Å². The SMILES string of the molecule is CC(C)(C)OC(=O)NC1CC2(CCN(CC3CCC(NC(=O)O)CC3)CC2)C1. The lowest BCUT2D eigenvalue weighted by atomic mass is 9.60. The molecule has 1 spiro atoms. The Morgan fingerprint density at radius 3 is 2.18 bits per heavy atom. The number of alkyl carbamates (subject to hydrolysis) is 1. The van der Waals surface area contributed by atoms with E-state index < -0.39 is 11.7 Å². The number of nitrogens with one attached hydrogen (secondary N) is 2. The quantitative estimate of drug-likeness (QED) is 0.677. The first-order valence-corrected chi connectivity index (χ1v) is 10.8. The van der Waals surface area contributed by atoms with Gasteiger partial charge in [-0.15, -0.1) is 0 Å². The number of amides is 2. The maximum Gasteiger partial charge on any atom is 0.407 e. The third-order valence-corrected chi connectivity index (χ3v) is 6.69. The third kappa shape index (κ3) is 6.00. The standard InChI is InChI=1S/C21H37N3O4/c1-20(2,3)28-19(27)23-17-12-21(13-17)8-10-24(11-9-21)14-15-4-6-16(7-5-15)22-18(25)26/h15-17,22H,4-14H2,1-3H3,(H,23,27)(H,25,26). The average Bonchev–Trinajstić information content (AvgIpc) is 2.55. The van der Waals surface area contributed by atoms with Crippen LogP contribution in [0.2, 0.25) is 0 Å². The van der Waals surface area contributed by atoms with Gasteiger partial charge in [-0.2, -0.15) is 0 Å². The number of nitrogens with zero attached hydrogens (tertiary/aromatic N) is 1. The van der Waals surface area contributed by atoms with Crippen molar-refractivity contribution in [3.05, 3.63) is 0 Å². The molecule has 0 bridgehead atoms. The number of hydrogen-bond acceptors (Lipinski definition) is 4. The maximum absolute atomic E-state index is 11.9. The highest BCUT2D eigenvalue weighted by atomic mass is 16.6. The summed E-state index contributed by atoms with van der Waals surface area (Å²) in [5.41, 5.74) is -0.0288. The summed E-state index contributed by atoms with van der Waals surface area (Å²) in [7, 11) is 0. The Bertz CT molecular complexity index is 550. The van der Waals surface area contributed by atoms with Gasteiger partial charge in [0.15, 0.2) is 0 Å². The zero-order valence-electron chi connectivity index (χ0n) is 17.6. The molecule has 0 aromatic heterocycles. The minimum atomic E-state index is -0.898. The summed E-state index contributed by atoms with van der Waals surface area (Å²) in [4.78, 5) is 25.3. The number of hydrogen-bond donors (Lipinski definition) is 3. The second kappa shape index (κ2) is 8.47. The van der Waals surface area contributed by atoms with Gasteiger partial charge in [0.2, 0.25) is 0 Å². The predicted molar refractivity (Wildman–Crippen MR) is 107 cm³/mol. The highest BCUT2D eigenvalue weighted by Crippen LogP contribution is 2.49. The second-order valence-electron chi connectivity index (χ2n) is 10.2. The Labute approximate surface area is 168 Å². The Hall–Kier alpha value is -1.50. The molecule has 3 aliphatic rings. The van der Waals surface area contributed by atoms with E-state index in [4.69, 9.17) is 9.84 Å².